The molecule has 1 aliphatic heterocycles. The third-order valence-electron chi connectivity index (χ3n) is 3.57. The summed E-state index contributed by atoms with van der Waals surface area (Å²) in [5, 5.41) is 3.34. The number of hydrogen-bond acceptors (Lipinski definition) is 4. The second-order valence-corrected chi connectivity index (χ2v) is 7.96. The maximum atomic E-state index is 11.6. The average molecular weight is 285 g/mol. The minimum Gasteiger partial charge on any atom is -0.349 e. The van der Waals surface area contributed by atoms with Crippen LogP contribution in [0.2, 0.25) is 0 Å². The van der Waals surface area contributed by atoms with Gasteiger partial charge in [-0.2, -0.15) is 0 Å². The molecule has 0 radical (unpaired) electrons. The molecule has 0 aliphatic carbocycles. The number of aromatic nitrogens is 2. The van der Waals surface area contributed by atoms with Crippen molar-refractivity contribution in [2.45, 2.75) is 52.1 Å². The van der Waals surface area contributed by atoms with Crippen LogP contribution in [0.5, 0.6) is 0 Å². The van der Waals surface area contributed by atoms with Crippen LogP contribution in [0.1, 0.15) is 38.8 Å². The van der Waals surface area contributed by atoms with E-state index in [-0.39, 0.29) is 17.0 Å². The number of unbranched alkanes of at least 4 members (excludes halogenated alkanes) is 1. The molecule has 2 rings (SSSR count). The molecule has 1 aromatic rings. The Bertz CT molecular complexity index is 550. The van der Waals surface area contributed by atoms with Gasteiger partial charge < -0.3 is 9.88 Å². The van der Waals surface area contributed by atoms with Crippen molar-refractivity contribution in [1.82, 2.24) is 9.55 Å². The van der Waals surface area contributed by atoms with Crippen LogP contribution in [0.25, 0.3) is 0 Å². The van der Waals surface area contributed by atoms with Crippen molar-refractivity contribution >= 4 is 15.8 Å². The fourth-order valence-electron chi connectivity index (χ4n) is 2.52. The molecule has 1 unspecified atom stereocenters. The van der Waals surface area contributed by atoms with E-state index in [0.717, 1.165) is 31.0 Å². The first-order valence-corrected chi connectivity index (χ1v) is 8.68. The monoisotopic (exact) mass is 285 g/mol. The van der Waals surface area contributed by atoms with E-state index < -0.39 is 9.84 Å². The highest BCUT2D eigenvalue weighted by atomic mass is 32.2. The maximum absolute atomic E-state index is 11.6. The van der Waals surface area contributed by atoms with Crippen LogP contribution >= 0.6 is 0 Å². The molecular weight excluding hydrogens is 262 g/mol. The van der Waals surface area contributed by atoms with Gasteiger partial charge in [0.2, 0.25) is 5.95 Å². The molecule has 5 nitrogen and oxygen atoms in total. The van der Waals surface area contributed by atoms with Crippen LogP contribution in [0.3, 0.4) is 0 Å². The minimum atomic E-state index is -2.90. The normalized spacial score (nSPS) is 25.6. The largest absolute Gasteiger partial charge is 0.349 e. The summed E-state index contributed by atoms with van der Waals surface area (Å²) in [5.74, 6) is 1.26. The van der Waals surface area contributed by atoms with Gasteiger partial charge in [0.25, 0.3) is 0 Å². The van der Waals surface area contributed by atoms with Gasteiger partial charge in [-0.25, -0.2) is 13.4 Å². The number of hydrogen-bond donors (Lipinski definition) is 1. The summed E-state index contributed by atoms with van der Waals surface area (Å²) in [4.78, 5) is 4.48. The Kier molecular flexibility index (Phi) is 3.90. The molecule has 19 heavy (non-hydrogen) atoms. The van der Waals surface area contributed by atoms with E-state index in [1.54, 1.807) is 0 Å². The van der Waals surface area contributed by atoms with Crippen molar-refractivity contribution < 1.29 is 8.42 Å². The number of nitrogens with zero attached hydrogens (tertiary/aromatic N) is 2. The number of anilines is 1. The summed E-state index contributed by atoms with van der Waals surface area (Å²) in [6.07, 6.45) is 4.89. The van der Waals surface area contributed by atoms with Crippen LogP contribution in [0, 0.1) is 6.92 Å². The SMILES string of the molecule is CCCCn1cc(C)nc1NC1(C)CCS(=O)(=O)C1. The molecule has 1 aliphatic rings. The van der Waals surface area contributed by atoms with Gasteiger partial charge in [0.05, 0.1) is 22.7 Å². The molecule has 0 spiro atoms. The van der Waals surface area contributed by atoms with Crippen LogP contribution < -0.4 is 5.32 Å². The highest BCUT2D eigenvalue weighted by molar-refractivity contribution is 7.91. The fourth-order valence-corrected chi connectivity index (χ4v) is 4.62. The Balaban J connectivity index is 2.14. The summed E-state index contributed by atoms with van der Waals surface area (Å²) >= 11 is 0. The maximum Gasteiger partial charge on any atom is 0.203 e. The van der Waals surface area contributed by atoms with Crippen molar-refractivity contribution in [3.63, 3.8) is 0 Å². The second kappa shape index (κ2) is 5.15. The number of aryl methyl sites for hydroxylation is 2. The van der Waals surface area contributed by atoms with Crippen molar-refractivity contribution in [3.05, 3.63) is 11.9 Å². The molecule has 1 aromatic heterocycles. The van der Waals surface area contributed by atoms with E-state index in [1.165, 1.54) is 0 Å². The van der Waals surface area contributed by atoms with E-state index in [0.29, 0.717) is 6.42 Å². The standard InChI is InChI=1S/C13H23N3O2S/c1-4-5-7-16-9-11(2)14-12(16)15-13(3)6-8-19(17,18)10-13/h9H,4-8,10H2,1-3H3,(H,14,15). The first-order valence-electron chi connectivity index (χ1n) is 6.86. The van der Waals surface area contributed by atoms with Gasteiger partial charge in [-0.1, -0.05) is 13.3 Å². The van der Waals surface area contributed by atoms with Gasteiger partial charge in [0.15, 0.2) is 9.84 Å². The molecule has 6 heteroatoms. The zero-order chi connectivity index (χ0) is 14.1. The molecule has 2 heterocycles. The minimum absolute atomic E-state index is 0.194. The number of rotatable bonds is 5. The molecule has 1 N–H and O–H groups in total. The molecule has 0 bridgehead atoms. The quantitative estimate of drug-likeness (QED) is 0.898. The first kappa shape index (κ1) is 14.4. The lowest BCUT2D eigenvalue weighted by Crippen LogP contribution is -2.37. The van der Waals surface area contributed by atoms with Gasteiger partial charge in [-0.15, -0.1) is 0 Å². The Morgan fingerprint density at radius 1 is 1.53 bits per heavy atom. The first-order chi connectivity index (χ1) is 8.84. The van der Waals surface area contributed by atoms with Gasteiger partial charge in [-0.3, -0.25) is 0 Å². The Hall–Kier alpha value is -1.04. The molecule has 108 valence electrons. The highest BCUT2D eigenvalue weighted by Gasteiger charge is 2.39. The Labute approximate surface area is 115 Å². The number of imidazole rings is 1. The van der Waals surface area contributed by atoms with Crippen LogP contribution in [-0.4, -0.2) is 35.0 Å². The number of sulfone groups is 1. The lowest BCUT2D eigenvalue weighted by atomic mass is 10.0. The third kappa shape index (κ3) is 3.49. The molecule has 0 saturated carbocycles. The van der Waals surface area contributed by atoms with Crippen molar-refractivity contribution in [2.24, 2.45) is 0 Å². The molecule has 1 atom stereocenters. The second-order valence-electron chi connectivity index (χ2n) is 5.78. The van der Waals surface area contributed by atoms with Crippen molar-refractivity contribution in [3.8, 4) is 0 Å². The van der Waals surface area contributed by atoms with Crippen LogP contribution in [0.15, 0.2) is 6.20 Å². The lowest BCUT2D eigenvalue weighted by Gasteiger charge is -2.25. The van der Waals surface area contributed by atoms with Gasteiger partial charge in [0, 0.05) is 12.7 Å². The van der Waals surface area contributed by atoms with E-state index in [4.69, 9.17) is 0 Å². The predicted octanol–water partition coefficient (Wildman–Crippen LogP) is 1.98. The number of nitrogens with one attached hydrogen (secondary N) is 1. The summed E-state index contributed by atoms with van der Waals surface area (Å²) in [7, 11) is -2.90. The predicted molar refractivity (Wildman–Crippen MR) is 77.2 cm³/mol. The molecular formula is C13H23N3O2S. The van der Waals surface area contributed by atoms with E-state index >= 15 is 0 Å². The van der Waals surface area contributed by atoms with Gasteiger partial charge >= 0.3 is 0 Å². The molecule has 1 fully saturated rings. The third-order valence-corrected chi connectivity index (χ3v) is 5.47. The van der Waals surface area contributed by atoms with Gasteiger partial charge in [0.1, 0.15) is 0 Å². The van der Waals surface area contributed by atoms with E-state index in [9.17, 15) is 8.42 Å². The topological polar surface area (TPSA) is 64.0 Å². The summed E-state index contributed by atoms with van der Waals surface area (Å²) in [6, 6.07) is 0. The zero-order valence-electron chi connectivity index (χ0n) is 11.9. The van der Waals surface area contributed by atoms with Crippen molar-refractivity contribution in [1.29, 1.82) is 0 Å². The summed E-state index contributed by atoms with van der Waals surface area (Å²) < 4.78 is 25.4. The van der Waals surface area contributed by atoms with Crippen LogP contribution in [0.4, 0.5) is 5.95 Å². The summed E-state index contributed by atoms with van der Waals surface area (Å²) in [5.41, 5.74) is 0.573. The van der Waals surface area contributed by atoms with Crippen LogP contribution in [-0.2, 0) is 16.4 Å². The van der Waals surface area contributed by atoms with E-state index in [2.05, 4.69) is 21.8 Å². The fraction of sp³-hybridized carbons (Fsp3) is 0.769. The smallest absolute Gasteiger partial charge is 0.203 e. The Morgan fingerprint density at radius 3 is 2.84 bits per heavy atom. The summed E-state index contributed by atoms with van der Waals surface area (Å²) in [6.45, 7) is 7.00. The highest BCUT2D eigenvalue weighted by Crippen LogP contribution is 2.27. The molecule has 0 aromatic carbocycles. The molecule has 1 saturated heterocycles. The Morgan fingerprint density at radius 2 is 2.26 bits per heavy atom. The zero-order valence-corrected chi connectivity index (χ0v) is 12.8. The average Bonchev–Trinajstić information content (AvgIpc) is 2.76. The lowest BCUT2D eigenvalue weighted by molar-refractivity contribution is 0.555. The van der Waals surface area contributed by atoms with Crippen molar-refractivity contribution in [2.75, 3.05) is 16.8 Å². The molecule has 0 amide bonds. The van der Waals surface area contributed by atoms with E-state index in [1.807, 2.05) is 20.0 Å². The van der Waals surface area contributed by atoms with Gasteiger partial charge in [-0.05, 0) is 26.7 Å².